The fourth-order valence-corrected chi connectivity index (χ4v) is 5.55. The average molecular weight is 541 g/mol. The fraction of sp³-hybridized carbons (Fsp3) is 0.607. The smallest absolute Gasteiger partial charge is 0.251 e. The van der Waals surface area contributed by atoms with E-state index < -0.39 is 0 Å². The van der Waals surface area contributed by atoms with E-state index in [1.54, 1.807) is 18.2 Å². The molecular weight excluding hydrogens is 496 g/mol. The maximum Gasteiger partial charge on any atom is 0.251 e. The van der Waals surface area contributed by atoms with Gasteiger partial charge in [-0.15, -0.1) is 0 Å². The summed E-state index contributed by atoms with van der Waals surface area (Å²) in [6.07, 6.45) is 8.81. The Morgan fingerprint density at radius 2 is 2.03 bits per heavy atom. The van der Waals surface area contributed by atoms with Crippen LogP contribution in [-0.2, 0) is 4.79 Å². The van der Waals surface area contributed by atoms with E-state index in [4.69, 9.17) is 16.2 Å². The van der Waals surface area contributed by atoms with Gasteiger partial charge in [0, 0.05) is 57.1 Å². The molecule has 2 saturated heterocycles. The van der Waals surface area contributed by atoms with Crippen molar-refractivity contribution in [3.63, 3.8) is 0 Å². The first-order valence-electron chi connectivity index (χ1n) is 14.2. The number of amides is 2. The molecule has 0 aliphatic carbocycles. The molecular formula is C28H44N8O3. The molecule has 4 rings (SSSR count). The van der Waals surface area contributed by atoms with E-state index in [-0.39, 0.29) is 11.9 Å². The molecule has 2 fully saturated rings. The number of nitrogens with one attached hydrogen (secondary N) is 2. The molecule has 1 aromatic carbocycles. The molecule has 6 N–H and O–H groups in total. The monoisotopic (exact) mass is 540 g/mol. The Bertz CT molecular complexity index is 1050. The first kappa shape index (κ1) is 29.0. The van der Waals surface area contributed by atoms with Gasteiger partial charge in [-0.1, -0.05) is 0 Å². The van der Waals surface area contributed by atoms with Gasteiger partial charge in [-0.05, 0) is 82.9 Å². The van der Waals surface area contributed by atoms with Gasteiger partial charge in [0.1, 0.15) is 0 Å². The highest BCUT2D eigenvalue weighted by Crippen LogP contribution is 2.32. The van der Waals surface area contributed by atoms with Crippen LogP contribution >= 0.6 is 0 Å². The van der Waals surface area contributed by atoms with Crippen LogP contribution in [0.15, 0.2) is 35.2 Å². The Morgan fingerprint density at radius 3 is 2.82 bits per heavy atom. The number of rotatable bonds is 10. The van der Waals surface area contributed by atoms with Crippen LogP contribution in [0.3, 0.4) is 0 Å². The number of carbonyl (C=O) groups is 2. The van der Waals surface area contributed by atoms with Crippen LogP contribution in [0.25, 0.3) is 0 Å². The molecule has 0 radical (unpaired) electrons. The van der Waals surface area contributed by atoms with Crippen LogP contribution in [-0.4, -0.2) is 104 Å². The van der Waals surface area contributed by atoms with Crippen LogP contribution in [0.5, 0.6) is 5.75 Å². The van der Waals surface area contributed by atoms with Crippen LogP contribution < -0.4 is 26.8 Å². The van der Waals surface area contributed by atoms with E-state index in [1.807, 2.05) is 13.2 Å². The van der Waals surface area contributed by atoms with Crippen molar-refractivity contribution in [1.82, 2.24) is 20.0 Å². The van der Waals surface area contributed by atoms with Crippen LogP contribution in [0.1, 0.15) is 48.9 Å². The molecule has 0 aromatic heterocycles. The number of ether oxygens (including phenoxy) is 1. The maximum absolute atomic E-state index is 12.8. The van der Waals surface area contributed by atoms with Crippen molar-refractivity contribution in [3.8, 4) is 5.75 Å². The molecule has 3 heterocycles. The second-order valence-electron chi connectivity index (χ2n) is 10.7. The van der Waals surface area contributed by atoms with Gasteiger partial charge in [0.2, 0.25) is 6.41 Å². The van der Waals surface area contributed by atoms with Crippen molar-refractivity contribution in [2.45, 2.75) is 50.6 Å². The molecule has 11 heteroatoms. The number of fused-ring (bicyclic) bond motifs is 1. The number of aliphatic imine (C=N–C) groups is 1. The SMILES string of the molecule is CN(/C=C1/Oc2ccc(C(=O)NCCN3CCC[C@H](N)C3)cc2N/C1=N/C=O)C1CCCN(CCCN)CC1. The first-order chi connectivity index (χ1) is 19.0. The number of hydrogen-bond donors (Lipinski definition) is 4. The summed E-state index contributed by atoms with van der Waals surface area (Å²) in [5.41, 5.74) is 12.8. The Kier molecular flexibility index (Phi) is 10.7. The zero-order valence-electron chi connectivity index (χ0n) is 23.1. The Hall–Kier alpha value is -2.99. The predicted molar refractivity (Wildman–Crippen MR) is 154 cm³/mol. The molecule has 11 nitrogen and oxygen atoms in total. The average Bonchev–Trinajstić information content (AvgIpc) is 3.18. The van der Waals surface area contributed by atoms with Crippen LogP contribution in [0, 0.1) is 0 Å². The summed E-state index contributed by atoms with van der Waals surface area (Å²) in [6.45, 7) is 7.10. The van der Waals surface area contributed by atoms with Gasteiger partial charge in [0.25, 0.3) is 5.91 Å². The number of nitrogens with two attached hydrogens (primary N) is 2. The standard InChI is InChI=1S/C28H44N8O3/c1-34(23-6-3-12-35(15-9-23)14-4-10-29)19-26-27(32-20-37)33-24-17-21(7-8-25(24)39-26)28(38)31-11-16-36-13-2-5-22(30)18-36/h7-8,17,19-20,22-23H,2-6,9-16,18,29-30H2,1H3,(H,31,38)(H,32,33,37)/b26-19+/t22-,23?/m0/s1. The molecule has 1 aromatic rings. The Labute approximate surface area is 231 Å². The van der Waals surface area contributed by atoms with Gasteiger partial charge in [-0.2, -0.15) is 4.99 Å². The third-order valence-electron chi connectivity index (χ3n) is 7.75. The molecule has 3 aliphatic heterocycles. The molecule has 0 spiro atoms. The second kappa shape index (κ2) is 14.4. The highest BCUT2D eigenvalue weighted by Gasteiger charge is 2.25. The highest BCUT2D eigenvalue weighted by molar-refractivity contribution is 6.12. The molecule has 3 aliphatic rings. The van der Waals surface area contributed by atoms with E-state index in [2.05, 4.69) is 30.3 Å². The fourth-order valence-electron chi connectivity index (χ4n) is 5.55. The first-order valence-corrected chi connectivity index (χ1v) is 14.2. The lowest BCUT2D eigenvalue weighted by Crippen LogP contribution is -2.45. The lowest BCUT2D eigenvalue weighted by Gasteiger charge is -2.30. The number of piperidine rings is 1. The van der Waals surface area contributed by atoms with E-state index >= 15 is 0 Å². The Morgan fingerprint density at radius 1 is 1.21 bits per heavy atom. The minimum atomic E-state index is -0.162. The highest BCUT2D eigenvalue weighted by atomic mass is 16.5. The van der Waals surface area contributed by atoms with E-state index in [1.165, 1.54) is 0 Å². The zero-order valence-corrected chi connectivity index (χ0v) is 23.1. The van der Waals surface area contributed by atoms with Gasteiger partial charge >= 0.3 is 0 Å². The summed E-state index contributed by atoms with van der Waals surface area (Å²) >= 11 is 0. The summed E-state index contributed by atoms with van der Waals surface area (Å²) in [5, 5.41) is 6.17. The number of benzene rings is 1. The summed E-state index contributed by atoms with van der Waals surface area (Å²) in [7, 11) is 2.04. The molecule has 2 atom stereocenters. The van der Waals surface area contributed by atoms with Crippen LogP contribution in [0.4, 0.5) is 5.69 Å². The topological polar surface area (TPSA) is 142 Å². The summed E-state index contributed by atoms with van der Waals surface area (Å²) < 4.78 is 6.16. The third-order valence-corrected chi connectivity index (χ3v) is 7.75. The summed E-state index contributed by atoms with van der Waals surface area (Å²) in [4.78, 5) is 35.0. The lowest BCUT2D eigenvalue weighted by atomic mass is 10.1. The normalized spacial score (nSPS) is 24.4. The number of likely N-dealkylation sites (tertiary alicyclic amines) is 2. The largest absolute Gasteiger partial charge is 0.450 e. The molecule has 0 saturated carbocycles. The number of carbonyl (C=O) groups excluding carboxylic acids is 2. The van der Waals surface area contributed by atoms with E-state index in [0.29, 0.717) is 47.6 Å². The molecule has 214 valence electrons. The van der Waals surface area contributed by atoms with Crippen molar-refractivity contribution in [2.24, 2.45) is 16.5 Å². The van der Waals surface area contributed by atoms with Crippen molar-refractivity contribution >= 4 is 23.8 Å². The number of hydrogen-bond acceptors (Lipinski definition) is 8. The second-order valence-corrected chi connectivity index (χ2v) is 10.7. The van der Waals surface area contributed by atoms with Crippen molar-refractivity contribution in [1.29, 1.82) is 0 Å². The quantitative estimate of drug-likeness (QED) is 0.322. The van der Waals surface area contributed by atoms with Crippen molar-refractivity contribution in [2.75, 3.05) is 64.7 Å². The Balaban J connectivity index is 1.37. The molecule has 0 bridgehead atoms. The van der Waals surface area contributed by atoms with Gasteiger partial charge in [0.15, 0.2) is 17.3 Å². The number of nitrogens with zero attached hydrogens (tertiary/aromatic N) is 4. The number of anilines is 1. The number of amidine groups is 1. The van der Waals surface area contributed by atoms with E-state index in [9.17, 15) is 9.59 Å². The molecule has 39 heavy (non-hydrogen) atoms. The lowest BCUT2D eigenvalue weighted by molar-refractivity contribution is -0.106. The van der Waals surface area contributed by atoms with E-state index in [0.717, 1.165) is 84.3 Å². The van der Waals surface area contributed by atoms with Gasteiger partial charge in [0.05, 0.1) is 5.69 Å². The minimum Gasteiger partial charge on any atom is -0.450 e. The third kappa shape index (κ3) is 8.25. The predicted octanol–water partition coefficient (Wildman–Crippen LogP) is 1.18. The summed E-state index contributed by atoms with van der Waals surface area (Å²) in [5.74, 6) is 1.21. The van der Waals surface area contributed by atoms with Gasteiger partial charge in [-0.3, -0.25) is 9.59 Å². The molecule has 2 amide bonds. The van der Waals surface area contributed by atoms with Crippen molar-refractivity contribution in [3.05, 3.63) is 35.7 Å². The van der Waals surface area contributed by atoms with Crippen LogP contribution in [0.2, 0.25) is 0 Å². The van der Waals surface area contributed by atoms with Gasteiger partial charge < -0.3 is 41.5 Å². The zero-order chi connectivity index (χ0) is 27.6. The maximum atomic E-state index is 12.8. The minimum absolute atomic E-state index is 0.162. The molecule has 1 unspecified atom stereocenters. The summed E-state index contributed by atoms with van der Waals surface area (Å²) in [6, 6.07) is 5.81. The van der Waals surface area contributed by atoms with Gasteiger partial charge in [-0.25, -0.2) is 0 Å². The van der Waals surface area contributed by atoms with Crippen molar-refractivity contribution < 1.29 is 14.3 Å².